The third kappa shape index (κ3) is 3.57. The summed E-state index contributed by atoms with van der Waals surface area (Å²) in [6, 6.07) is 6.82. The van der Waals surface area contributed by atoms with Gasteiger partial charge in [-0.25, -0.2) is 9.97 Å². The summed E-state index contributed by atoms with van der Waals surface area (Å²) in [5.74, 6) is 1.21. The number of halogens is 1. The number of hydrogen-bond donors (Lipinski definition) is 3. The fraction of sp³-hybridized carbons (Fsp3) is 0.143. The van der Waals surface area contributed by atoms with Crippen molar-refractivity contribution >= 4 is 34.0 Å². The first-order valence-electron chi connectivity index (χ1n) is 9.95. The highest BCUT2D eigenvalue weighted by Gasteiger charge is 2.22. The number of H-pyrrole nitrogens is 1. The molecule has 1 aromatic carbocycles. The molecule has 0 aliphatic heterocycles. The number of nitrogen functional groups attached to an aromatic ring is 1. The van der Waals surface area contributed by atoms with Crippen LogP contribution in [-0.2, 0) is 0 Å². The Morgan fingerprint density at radius 3 is 2.88 bits per heavy atom. The van der Waals surface area contributed by atoms with Crippen molar-refractivity contribution in [2.24, 2.45) is 0 Å². The number of nitrogens with two attached hydrogens (primary N) is 1. The van der Waals surface area contributed by atoms with Crippen molar-refractivity contribution in [3.63, 3.8) is 0 Å². The van der Waals surface area contributed by atoms with Crippen LogP contribution in [0.1, 0.15) is 24.5 Å². The molecule has 4 heterocycles. The first kappa shape index (κ1) is 20.6. The van der Waals surface area contributed by atoms with Crippen molar-refractivity contribution in [1.82, 2.24) is 34.9 Å². The quantitative estimate of drug-likeness (QED) is 0.356. The molecule has 0 saturated heterocycles. The van der Waals surface area contributed by atoms with Crippen molar-refractivity contribution in [3.05, 3.63) is 69.9 Å². The Kier molecular flexibility index (Phi) is 5.02. The molecule has 11 nitrogen and oxygen atoms in total. The van der Waals surface area contributed by atoms with Crippen LogP contribution in [0.5, 0.6) is 0 Å². The van der Waals surface area contributed by atoms with Crippen molar-refractivity contribution in [2.45, 2.75) is 19.9 Å². The lowest BCUT2D eigenvalue weighted by Gasteiger charge is -2.21. The highest BCUT2D eigenvalue weighted by Crippen LogP contribution is 2.32. The van der Waals surface area contributed by atoms with Crippen LogP contribution in [0.4, 0.5) is 11.6 Å². The number of aryl methyl sites for hydroxylation is 1. The van der Waals surface area contributed by atoms with E-state index in [0.29, 0.717) is 44.4 Å². The Hall–Kier alpha value is -4.25. The maximum atomic E-state index is 13.5. The molecule has 166 valence electrons. The lowest BCUT2D eigenvalue weighted by molar-refractivity contribution is 0.425. The molecule has 0 aliphatic rings. The van der Waals surface area contributed by atoms with Crippen LogP contribution < -0.4 is 16.6 Å². The standard InChI is InChI=1S/C21H18ClN9O2/c1-10(28-19-17(18(23)24-9-25-19)20-29-11(2)30-33-20)15-6-12-4-3-5-14(22)16(12)21(32)31(15)13-7-26-27-8-13/h3-10H,1-2H3,(H,26,27)(H3,23,24,25,28). The number of anilines is 2. The normalized spacial score (nSPS) is 12.2. The van der Waals surface area contributed by atoms with Gasteiger partial charge in [-0.3, -0.25) is 14.5 Å². The van der Waals surface area contributed by atoms with E-state index < -0.39 is 6.04 Å². The average molecular weight is 464 g/mol. The Labute approximate surface area is 191 Å². The van der Waals surface area contributed by atoms with E-state index in [4.69, 9.17) is 21.9 Å². The first-order chi connectivity index (χ1) is 15.9. The third-order valence-electron chi connectivity index (χ3n) is 5.18. The molecule has 1 atom stereocenters. The van der Waals surface area contributed by atoms with Gasteiger partial charge >= 0.3 is 0 Å². The highest BCUT2D eigenvalue weighted by atomic mass is 35.5. The second kappa shape index (κ2) is 8.02. The summed E-state index contributed by atoms with van der Waals surface area (Å²) in [7, 11) is 0. The SMILES string of the molecule is Cc1noc(-c2c(N)ncnc2NC(C)c2cc3cccc(Cl)c3c(=O)n2-c2cn[nH]c2)n1. The van der Waals surface area contributed by atoms with E-state index in [-0.39, 0.29) is 17.3 Å². The van der Waals surface area contributed by atoms with E-state index in [0.717, 1.165) is 0 Å². The monoisotopic (exact) mass is 463 g/mol. The maximum absolute atomic E-state index is 13.5. The molecule has 4 aromatic heterocycles. The van der Waals surface area contributed by atoms with Crippen LogP contribution in [0.2, 0.25) is 5.02 Å². The van der Waals surface area contributed by atoms with Crippen LogP contribution in [-0.4, -0.2) is 34.9 Å². The van der Waals surface area contributed by atoms with Gasteiger partial charge in [-0.15, -0.1) is 0 Å². The Morgan fingerprint density at radius 2 is 2.15 bits per heavy atom. The lowest BCUT2D eigenvalue weighted by Crippen LogP contribution is -2.25. The average Bonchev–Trinajstić information content (AvgIpc) is 3.45. The molecule has 4 N–H and O–H groups in total. The van der Waals surface area contributed by atoms with Gasteiger partial charge in [0.1, 0.15) is 23.5 Å². The number of aromatic amines is 1. The molecule has 5 rings (SSSR count). The second-order valence-corrected chi connectivity index (χ2v) is 7.77. The fourth-order valence-electron chi connectivity index (χ4n) is 3.69. The van der Waals surface area contributed by atoms with E-state index >= 15 is 0 Å². The number of rotatable bonds is 5. The number of nitrogens with one attached hydrogen (secondary N) is 2. The minimum atomic E-state index is -0.409. The molecule has 1 unspecified atom stereocenters. The molecule has 0 fully saturated rings. The fourth-order valence-corrected chi connectivity index (χ4v) is 3.95. The van der Waals surface area contributed by atoms with Gasteiger partial charge in [0.2, 0.25) is 0 Å². The summed E-state index contributed by atoms with van der Waals surface area (Å²) in [6.07, 6.45) is 4.53. The van der Waals surface area contributed by atoms with Gasteiger partial charge in [-0.2, -0.15) is 10.1 Å². The molecule has 0 bridgehead atoms. The van der Waals surface area contributed by atoms with Crippen LogP contribution in [0.15, 0.2) is 52.3 Å². The highest BCUT2D eigenvalue weighted by molar-refractivity contribution is 6.35. The summed E-state index contributed by atoms with van der Waals surface area (Å²) < 4.78 is 6.84. The van der Waals surface area contributed by atoms with Crippen molar-refractivity contribution < 1.29 is 4.52 Å². The zero-order valence-electron chi connectivity index (χ0n) is 17.6. The molecule has 0 spiro atoms. The maximum Gasteiger partial charge on any atom is 0.265 e. The molecule has 0 saturated carbocycles. The van der Waals surface area contributed by atoms with E-state index in [1.54, 1.807) is 36.0 Å². The summed E-state index contributed by atoms with van der Waals surface area (Å²) >= 11 is 6.36. The third-order valence-corrected chi connectivity index (χ3v) is 5.50. The number of aromatic nitrogens is 7. The van der Waals surface area contributed by atoms with Gasteiger partial charge in [0, 0.05) is 11.9 Å². The molecule has 12 heteroatoms. The van der Waals surface area contributed by atoms with Crippen LogP contribution in [0.25, 0.3) is 27.9 Å². The number of fused-ring (bicyclic) bond motifs is 1. The van der Waals surface area contributed by atoms with Gasteiger partial charge in [0.25, 0.3) is 11.4 Å². The predicted molar refractivity (Wildman–Crippen MR) is 123 cm³/mol. The summed E-state index contributed by atoms with van der Waals surface area (Å²) in [5, 5.41) is 15.4. The minimum Gasteiger partial charge on any atom is -0.383 e. The summed E-state index contributed by atoms with van der Waals surface area (Å²) in [6.45, 7) is 3.59. The Morgan fingerprint density at radius 1 is 1.30 bits per heavy atom. The van der Waals surface area contributed by atoms with E-state index in [1.165, 1.54) is 6.33 Å². The number of hydrogen-bond acceptors (Lipinski definition) is 9. The molecular formula is C21H18ClN9O2. The summed E-state index contributed by atoms with van der Waals surface area (Å²) in [4.78, 5) is 26.1. The van der Waals surface area contributed by atoms with Gasteiger partial charge in [-0.05, 0) is 31.4 Å². The van der Waals surface area contributed by atoms with Gasteiger partial charge < -0.3 is 15.6 Å². The summed E-state index contributed by atoms with van der Waals surface area (Å²) in [5.41, 5.74) is 7.44. The van der Waals surface area contributed by atoms with Crippen LogP contribution >= 0.6 is 11.6 Å². The molecule has 5 aromatic rings. The zero-order valence-corrected chi connectivity index (χ0v) is 18.3. The number of pyridine rings is 1. The zero-order chi connectivity index (χ0) is 23.1. The number of benzene rings is 1. The Balaban J connectivity index is 1.66. The largest absolute Gasteiger partial charge is 0.383 e. The Bertz CT molecular complexity index is 1530. The molecule has 0 aliphatic carbocycles. The second-order valence-electron chi connectivity index (χ2n) is 7.37. The van der Waals surface area contributed by atoms with E-state index in [2.05, 4.69) is 35.6 Å². The van der Waals surface area contributed by atoms with Crippen molar-refractivity contribution in [2.75, 3.05) is 11.1 Å². The van der Waals surface area contributed by atoms with Gasteiger partial charge in [0.05, 0.1) is 28.3 Å². The predicted octanol–water partition coefficient (Wildman–Crippen LogP) is 3.27. The lowest BCUT2D eigenvalue weighted by atomic mass is 10.1. The van der Waals surface area contributed by atoms with Crippen LogP contribution in [0.3, 0.4) is 0 Å². The number of nitrogens with zero attached hydrogens (tertiary/aromatic N) is 6. The first-order valence-corrected chi connectivity index (χ1v) is 10.3. The van der Waals surface area contributed by atoms with Crippen LogP contribution in [0, 0.1) is 6.92 Å². The minimum absolute atomic E-state index is 0.181. The van der Waals surface area contributed by atoms with E-state index in [9.17, 15) is 4.79 Å². The van der Waals surface area contributed by atoms with Gasteiger partial charge in [0.15, 0.2) is 5.82 Å². The molecule has 0 amide bonds. The molecule has 33 heavy (non-hydrogen) atoms. The van der Waals surface area contributed by atoms with Crippen molar-refractivity contribution in [1.29, 1.82) is 0 Å². The molecule has 0 radical (unpaired) electrons. The smallest absolute Gasteiger partial charge is 0.265 e. The van der Waals surface area contributed by atoms with Gasteiger partial charge in [-0.1, -0.05) is 28.9 Å². The van der Waals surface area contributed by atoms with Crippen molar-refractivity contribution in [3.8, 4) is 17.1 Å². The van der Waals surface area contributed by atoms with E-state index in [1.807, 2.05) is 19.1 Å². The topological polar surface area (TPSA) is 153 Å². The molecular weight excluding hydrogens is 446 g/mol.